The lowest BCUT2D eigenvalue weighted by atomic mass is 10.1. The van der Waals surface area contributed by atoms with Gasteiger partial charge in [0.05, 0.1) is 18.8 Å². The quantitative estimate of drug-likeness (QED) is 0.791. The van der Waals surface area contributed by atoms with E-state index >= 15 is 0 Å². The van der Waals surface area contributed by atoms with Gasteiger partial charge in [-0.05, 0) is 26.5 Å². The highest BCUT2D eigenvalue weighted by Gasteiger charge is 2.17. The molecule has 4 nitrogen and oxygen atoms in total. The number of hydrogen-bond donors (Lipinski definition) is 1. The zero-order chi connectivity index (χ0) is 13.7. The molecule has 1 aromatic carbocycles. The minimum atomic E-state index is -0.624. The molecule has 0 unspecified atom stereocenters. The Hall–Kier alpha value is -1.62. The normalized spacial score (nSPS) is 10.6. The van der Waals surface area contributed by atoms with Gasteiger partial charge < -0.3 is 15.2 Å². The van der Waals surface area contributed by atoms with Crippen molar-refractivity contribution in [3.63, 3.8) is 0 Å². The average Bonchev–Trinajstić information content (AvgIpc) is 2.30. The van der Waals surface area contributed by atoms with Crippen LogP contribution in [0.3, 0.4) is 0 Å². The lowest BCUT2D eigenvalue weighted by Gasteiger charge is -2.15. The van der Waals surface area contributed by atoms with E-state index < -0.39 is 5.82 Å². The van der Waals surface area contributed by atoms with Crippen molar-refractivity contribution in [2.45, 2.75) is 26.4 Å². The summed E-state index contributed by atoms with van der Waals surface area (Å²) in [4.78, 5) is 11.7. The van der Waals surface area contributed by atoms with E-state index in [0.29, 0.717) is 5.75 Å². The summed E-state index contributed by atoms with van der Waals surface area (Å²) in [6.07, 6.45) is 0.00602. The molecular weight excluding hydrogens is 237 g/mol. The highest BCUT2D eigenvalue weighted by atomic mass is 19.1. The fraction of sp³-hybridized carbons (Fsp3) is 0.462. The Morgan fingerprint density at radius 1 is 1.39 bits per heavy atom. The van der Waals surface area contributed by atoms with Crippen LogP contribution in [0.4, 0.5) is 4.39 Å². The summed E-state index contributed by atoms with van der Waals surface area (Å²) >= 11 is 0. The van der Waals surface area contributed by atoms with Crippen LogP contribution in [0, 0.1) is 5.82 Å². The van der Waals surface area contributed by atoms with Crippen LogP contribution in [0.1, 0.15) is 30.6 Å². The second kappa shape index (κ2) is 6.35. The summed E-state index contributed by atoms with van der Waals surface area (Å²) in [6.45, 7) is 3.86. The van der Waals surface area contributed by atoms with Gasteiger partial charge in [0.25, 0.3) is 0 Å². The Morgan fingerprint density at radius 3 is 2.56 bits per heavy atom. The predicted molar refractivity (Wildman–Crippen MR) is 66.7 cm³/mol. The third kappa shape index (κ3) is 3.43. The molecule has 0 aliphatic rings. The molecule has 100 valence electrons. The van der Waals surface area contributed by atoms with Crippen LogP contribution in [0.15, 0.2) is 12.1 Å². The minimum Gasteiger partial charge on any atom is -0.493 e. The molecule has 5 heteroatoms. The summed E-state index contributed by atoms with van der Waals surface area (Å²) < 4.78 is 24.2. The fourth-order valence-corrected chi connectivity index (χ4v) is 1.52. The largest absolute Gasteiger partial charge is 0.493 e. The number of ether oxygens (including phenoxy) is 2. The number of nitrogens with two attached hydrogens (primary N) is 1. The molecule has 0 saturated heterocycles. The van der Waals surface area contributed by atoms with Crippen molar-refractivity contribution in [2.24, 2.45) is 5.73 Å². The van der Waals surface area contributed by atoms with Crippen LogP contribution in [-0.4, -0.2) is 25.5 Å². The van der Waals surface area contributed by atoms with Gasteiger partial charge in [0.1, 0.15) is 5.82 Å². The molecule has 0 aliphatic carbocycles. The third-order valence-corrected chi connectivity index (χ3v) is 2.29. The van der Waals surface area contributed by atoms with Crippen LogP contribution >= 0.6 is 0 Å². The number of benzene rings is 1. The molecule has 0 heterocycles. The van der Waals surface area contributed by atoms with E-state index in [4.69, 9.17) is 15.2 Å². The zero-order valence-corrected chi connectivity index (χ0v) is 10.8. The maximum Gasteiger partial charge on any atom is 0.167 e. The van der Waals surface area contributed by atoms with E-state index in [1.165, 1.54) is 13.2 Å². The van der Waals surface area contributed by atoms with Crippen molar-refractivity contribution in [1.82, 2.24) is 0 Å². The first-order valence-corrected chi connectivity index (χ1v) is 5.77. The van der Waals surface area contributed by atoms with Gasteiger partial charge in [0.2, 0.25) is 0 Å². The molecule has 0 saturated carbocycles. The number of carbonyl (C=O) groups is 1. The average molecular weight is 255 g/mol. The highest BCUT2D eigenvalue weighted by Crippen LogP contribution is 2.31. The molecular formula is C13H18FNO3. The van der Waals surface area contributed by atoms with Crippen molar-refractivity contribution < 1.29 is 18.7 Å². The van der Waals surface area contributed by atoms with Crippen LogP contribution in [0.5, 0.6) is 11.5 Å². The predicted octanol–water partition coefficient (Wildman–Crippen LogP) is 2.15. The summed E-state index contributed by atoms with van der Waals surface area (Å²) in [6, 6.07) is 2.52. The molecule has 1 rings (SSSR count). The smallest absolute Gasteiger partial charge is 0.167 e. The summed E-state index contributed by atoms with van der Waals surface area (Å²) in [5, 5.41) is 0. The number of hydrogen-bond acceptors (Lipinski definition) is 4. The van der Waals surface area contributed by atoms with Crippen LogP contribution < -0.4 is 15.2 Å². The molecule has 18 heavy (non-hydrogen) atoms. The van der Waals surface area contributed by atoms with Gasteiger partial charge in [0.15, 0.2) is 17.3 Å². The van der Waals surface area contributed by atoms with Gasteiger partial charge in [-0.25, -0.2) is 4.39 Å². The Labute approximate surface area is 106 Å². The number of carbonyl (C=O) groups excluding carboxylic acids is 1. The standard InChI is InChI=1S/C13H18FNO3/c1-8(2)18-13-6-9(11(16)4-5-15)10(14)7-12(13)17-3/h6-8H,4-5,15H2,1-3H3. The van der Waals surface area contributed by atoms with Crippen LogP contribution in [0.25, 0.3) is 0 Å². The highest BCUT2D eigenvalue weighted by molar-refractivity contribution is 5.97. The van der Waals surface area contributed by atoms with Crippen molar-refractivity contribution in [3.05, 3.63) is 23.5 Å². The summed E-state index contributed by atoms with van der Waals surface area (Å²) in [5.41, 5.74) is 5.28. The number of ketones is 1. The van der Waals surface area contributed by atoms with Gasteiger partial charge >= 0.3 is 0 Å². The van der Waals surface area contributed by atoms with Gasteiger partial charge in [0, 0.05) is 12.5 Å². The first kappa shape index (κ1) is 14.4. The van der Waals surface area contributed by atoms with E-state index in [1.807, 2.05) is 13.8 Å². The molecule has 0 fully saturated rings. The van der Waals surface area contributed by atoms with Gasteiger partial charge in [-0.2, -0.15) is 0 Å². The molecule has 0 spiro atoms. The topological polar surface area (TPSA) is 61.5 Å². The Bertz CT molecular complexity index is 432. The SMILES string of the molecule is COc1cc(F)c(C(=O)CCN)cc1OC(C)C. The van der Waals surface area contributed by atoms with Crippen molar-refractivity contribution in [2.75, 3.05) is 13.7 Å². The Morgan fingerprint density at radius 2 is 2.06 bits per heavy atom. The minimum absolute atomic E-state index is 0.0168. The maximum absolute atomic E-state index is 13.7. The van der Waals surface area contributed by atoms with Crippen LogP contribution in [0.2, 0.25) is 0 Å². The lowest BCUT2D eigenvalue weighted by Crippen LogP contribution is -2.12. The van der Waals surface area contributed by atoms with E-state index in [-0.39, 0.29) is 36.2 Å². The summed E-state index contributed by atoms with van der Waals surface area (Å²) in [5.74, 6) is -0.340. The number of methoxy groups -OCH3 is 1. The molecule has 0 radical (unpaired) electrons. The molecule has 1 aromatic rings. The fourth-order valence-electron chi connectivity index (χ4n) is 1.52. The van der Waals surface area contributed by atoms with Crippen LogP contribution in [-0.2, 0) is 0 Å². The van der Waals surface area contributed by atoms with E-state index in [2.05, 4.69) is 0 Å². The van der Waals surface area contributed by atoms with Gasteiger partial charge in [-0.15, -0.1) is 0 Å². The Kier molecular flexibility index (Phi) is 5.09. The van der Waals surface area contributed by atoms with Gasteiger partial charge in [-0.1, -0.05) is 0 Å². The molecule has 0 atom stereocenters. The second-order valence-electron chi connectivity index (χ2n) is 4.11. The second-order valence-corrected chi connectivity index (χ2v) is 4.11. The lowest BCUT2D eigenvalue weighted by molar-refractivity contribution is 0.0980. The molecule has 0 amide bonds. The van der Waals surface area contributed by atoms with Crippen molar-refractivity contribution in [1.29, 1.82) is 0 Å². The Balaban J connectivity index is 3.16. The first-order chi connectivity index (χ1) is 8.49. The molecule has 0 aliphatic heterocycles. The number of halogens is 1. The van der Waals surface area contributed by atoms with E-state index in [9.17, 15) is 9.18 Å². The number of rotatable bonds is 6. The van der Waals surface area contributed by atoms with E-state index in [1.54, 1.807) is 0 Å². The molecule has 0 bridgehead atoms. The van der Waals surface area contributed by atoms with E-state index in [0.717, 1.165) is 6.07 Å². The summed E-state index contributed by atoms with van der Waals surface area (Å²) in [7, 11) is 1.42. The monoisotopic (exact) mass is 255 g/mol. The van der Waals surface area contributed by atoms with Gasteiger partial charge in [-0.3, -0.25) is 4.79 Å². The van der Waals surface area contributed by atoms with Crippen molar-refractivity contribution >= 4 is 5.78 Å². The molecule has 0 aromatic heterocycles. The number of Topliss-reactive ketones (excluding diaryl/α,β-unsaturated/α-hetero) is 1. The first-order valence-electron chi connectivity index (χ1n) is 5.77. The molecule has 2 N–H and O–H groups in total. The third-order valence-electron chi connectivity index (χ3n) is 2.29. The maximum atomic E-state index is 13.7. The van der Waals surface area contributed by atoms with Crippen molar-refractivity contribution in [3.8, 4) is 11.5 Å². The zero-order valence-electron chi connectivity index (χ0n) is 10.8.